The lowest BCUT2D eigenvalue weighted by Gasteiger charge is -2.22. The molecular formula is C24H27N7O3S. The number of carbonyl (C=O) groups excluding carboxylic acids is 2. The number of thioether (sulfide) groups is 1. The number of hydrogen-bond donors (Lipinski definition) is 1. The summed E-state index contributed by atoms with van der Waals surface area (Å²) in [5.41, 5.74) is 1.74. The Morgan fingerprint density at radius 2 is 2.00 bits per heavy atom. The van der Waals surface area contributed by atoms with Crippen LogP contribution in [0.25, 0.3) is 0 Å². The van der Waals surface area contributed by atoms with Crippen LogP contribution >= 0.6 is 11.8 Å². The molecule has 0 saturated carbocycles. The second kappa shape index (κ2) is 9.95. The average molecular weight is 494 g/mol. The molecule has 4 heterocycles. The fourth-order valence-electron chi connectivity index (χ4n) is 4.26. The average Bonchev–Trinajstić information content (AvgIpc) is 3.54. The van der Waals surface area contributed by atoms with Gasteiger partial charge in [-0.15, -0.1) is 16.9 Å². The Hall–Kier alpha value is -3.60. The molecule has 182 valence electrons. The number of nitrogens with zero attached hydrogens (tertiary/aromatic N) is 6. The highest BCUT2D eigenvalue weighted by atomic mass is 32.2. The van der Waals surface area contributed by atoms with Crippen LogP contribution in [-0.4, -0.2) is 70.6 Å². The first kappa shape index (κ1) is 23.2. The Balaban J connectivity index is 1.31. The number of carbonyl (C=O) groups is 2. The number of pyridine rings is 1. The van der Waals surface area contributed by atoms with E-state index in [4.69, 9.17) is 4.74 Å². The standard InChI is InChI=1S/C24H27N7O3S/c1-29-18-13-25-20(30-10-6-7-11-30)12-19(18)35-15-17(23(29)33)26-22(32)21-27-24(34-2)31(28-21)14-16-8-4-3-5-9-16/h3-5,8-9,12-13,17H,6-7,10-11,14-15H2,1-2H3,(H,26,32)/t17-/m0/s1. The molecule has 0 spiro atoms. The zero-order valence-electron chi connectivity index (χ0n) is 19.7. The predicted octanol–water partition coefficient (Wildman–Crippen LogP) is 2.20. The Labute approximate surface area is 207 Å². The normalized spacial score (nSPS) is 17.8. The molecule has 2 aliphatic rings. The van der Waals surface area contributed by atoms with Crippen molar-refractivity contribution in [3.05, 3.63) is 54.0 Å². The molecule has 10 nitrogen and oxygen atoms in total. The maximum Gasteiger partial charge on any atom is 0.315 e. The van der Waals surface area contributed by atoms with Crippen molar-refractivity contribution in [2.24, 2.45) is 0 Å². The third-order valence-corrected chi connectivity index (χ3v) is 7.30. The van der Waals surface area contributed by atoms with E-state index in [0.717, 1.165) is 35.1 Å². The van der Waals surface area contributed by atoms with Gasteiger partial charge in [0.05, 0.1) is 25.5 Å². The van der Waals surface area contributed by atoms with E-state index in [9.17, 15) is 9.59 Å². The van der Waals surface area contributed by atoms with Gasteiger partial charge in [0.2, 0.25) is 11.7 Å². The van der Waals surface area contributed by atoms with Gasteiger partial charge in [0.1, 0.15) is 11.9 Å². The molecule has 0 bridgehead atoms. The summed E-state index contributed by atoms with van der Waals surface area (Å²) in [6.45, 7) is 2.40. The monoisotopic (exact) mass is 493 g/mol. The number of fused-ring (bicyclic) bond motifs is 1. The number of likely N-dealkylation sites (N-methyl/N-ethyl adjacent to an activating group) is 1. The van der Waals surface area contributed by atoms with Crippen molar-refractivity contribution in [3.8, 4) is 6.01 Å². The topological polar surface area (TPSA) is 105 Å². The van der Waals surface area contributed by atoms with Gasteiger partial charge in [0.25, 0.3) is 5.91 Å². The summed E-state index contributed by atoms with van der Waals surface area (Å²) in [7, 11) is 3.19. The molecule has 0 radical (unpaired) electrons. The minimum Gasteiger partial charge on any atom is -0.467 e. The van der Waals surface area contributed by atoms with Crippen molar-refractivity contribution in [1.82, 2.24) is 25.1 Å². The van der Waals surface area contributed by atoms with Crippen LogP contribution in [0.4, 0.5) is 11.5 Å². The highest BCUT2D eigenvalue weighted by Crippen LogP contribution is 2.36. The molecule has 2 amide bonds. The summed E-state index contributed by atoms with van der Waals surface area (Å²) < 4.78 is 6.84. The number of anilines is 2. The van der Waals surface area contributed by atoms with Crippen molar-refractivity contribution in [2.45, 2.75) is 30.3 Å². The summed E-state index contributed by atoms with van der Waals surface area (Å²) in [6, 6.07) is 11.2. The second-order valence-electron chi connectivity index (χ2n) is 8.50. The quantitative estimate of drug-likeness (QED) is 0.557. The Morgan fingerprint density at radius 3 is 2.74 bits per heavy atom. The Kier molecular flexibility index (Phi) is 6.58. The third kappa shape index (κ3) is 4.81. The lowest BCUT2D eigenvalue weighted by molar-refractivity contribution is -0.119. The van der Waals surface area contributed by atoms with Gasteiger partial charge in [-0.25, -0.2) is 9.67 Å². The highest BCUT2D eigenvalue weighted by Gasteiger charge is 2.32. The number of aromatic nitrogens is 4. The largest absolute Gasteiger partial charge is 0.467 e. The Bertz CT molecular complexity index is 1230. The van der Waals surface area contributed by atoms with Gasteiger partial charge in [-0.05, 0) is 24.5 Å². The smallest absolute Gasteiger partial charge is 0.315 e. The zero-order valence-corrected chi connectivity index (χ0v) is 20.5. The van der Waals surface area contributed by atoms with Crippen molar-refractivity contribution in [3.63, 3.8) is 0 Å². The number of ether oxygens (including phenoxy) is 1. The van der Waals surface area contributed by atoms with Crippen LogP contribution in [0.15, 0.2) is 47.5 Å². The zero-order chi connectivity index (χ0) is 24.4. The van der Waals surface area contributed by atoms with Crippen LogP contribution in [0.1, 0.15) is 29.0 Å². The van der Waals surface area contributed by atoms with Gasteiger partial charge >= 0.3 is 6.01 Å². The van der Waals surface area contributed by atoms with E-state index in [0.29, 0.717) is 12.3 Å². The molecule has 2 aliphatic heterocycles. The van der Waals surface area contributed by atoms with Gasteiger partial charge in [-0.3, -0.25) is 9.59 Å². The molecule has 1 fully saturated rings. The molecule has 1 aromatic carbocycles. The summed E-state index contributed by atoms with van der Waals surface area (Å²) in [5.74, 6) is 0.545. The second-order valence-corrected chi connectivity index (χ2v) is 9.57. The number of hydrogen-bond acceptors (Lipinski definition) is 8. The fourth-order valence-corrected chi connectivity index (χ4v) is 5.36. The van der Waals surface area contributed by atoms with Gasteiger partial charge in [-0.1, -0.05) is 30.3 Å². The van der Waals surface area contributed by atoms with Crippen LogP contribution in [0.3, 0.4) is 0 Å². The minimum atomic E-state index is -0.729. The van der Waals surface area contributed by atoms with E-state index in [2.05, 4.69) is 25.3 Å². The van der Waals surface area contributed by atoms with Gasteiger partial charge in [-0.2, -0.15) is 4.98 Å². The van der Waals surface area contributed by atoms with E-state index in [-0.39, 0.29) is 17.7 Å². The number of benzene rings is 1. The van der Waals surface area contributed by atoms with E-state index >= 15 is 0 Å². The van der Waals surface area contributed by atoms with Crippen LogP contribution < -0.4 is 19.9 Å². The molecule has 5 rings (SSSR count). The van der Waals surface area contributed by atoms with Crippen molar-refractivity contribution < 1.29 is 14.3 Å². The molecule has 1 atom stereocenters. The molecular weight excluding hydrogens is 466 g/mol. The van der Waals surface area contributed by atoms with E-state index in [1.165, 1.54) is 36.4 Å². The van der Waals surface area contributed by atoms with Gasteiger partial charge in [0.15, 0.2) is 0 Å². The highest BCUT2D eigenvalue weighted by molar-refractivity contribution is 7.99. The van der Waals surface area contributed by atoms with E-state index in [1.54, 1.807) is 18.1 Å². The van der Waals surface area contributed by atoms with Crippen LogP contribution in [-0.2, 0) is 11.3 Å². The molecule has 3 aromatic rings. The molecule has 11 heteroatoms. The number of amides is 2. The maximum absolute atomic E-state index is 13.2. The lowest BCUT2D eigenvalue weighted by Crippen LogP contribution is -2.48. The number of methoxy groups -OCH3 is 1. The first-order valence-electron chi connectivity index (χ1n) is 11.5. The third-order valence-electron chi connectivity index (χ3n) is 6.16. The van der Waals surface area contributed by atoms with Crippen molar-refractivity contribution in [2.75, 3.05) is 42.8 Å². The molecule has 35 heavy (non-hydrogen) atoms. The van der Waals surface area contributed by atoms with Crippen LogP contribution in [0.5, 0.6) is 6.01 Å². The molecule has 2 aromatic heterocycles. The predicted molar refractivity (Wildman–Crippen MR) is 133 cm³/mol. The Morgan fingerprint density at radius 1 is 1.23 bits per heavy atom. The molecule has 0 unspecified atom stereocenters. The molecule has 0 aliphatic carbocycles. The van der Waals surface area contributed by atoms with Gasteiger partial charge < -0.3 is 19.9 Å². The summed E-state index contributed by atoms with van der Waals surface area (Å²) in [5, 5.41) is 7.14. The molecule has 1 N–H and O–H groups in total. The SMILES string of the molecule is COc1nc(C(=O)N[C@H]2CSc3cc(N4CCCC4)ncc3N(C)C2=O)nn1Cc1ccccc1. The van der Waals surface area contributed by atoms with Gasteiger partial charge in [0, 0.05) is 30.8 Å². The van der Waals surface area contributed by atoms with E-state index < -0.39 is 11.9 Å². The van der Waals surface area contributed by atoms with E-state index in [1.807, 2.05) is 36.4 Å². The number of rotatable bonds is 6. The number of nitrogens with one attached hydrogen (secondary N) is 1. The first-order valence-corrected chi connectivity index (χ1v) is 12.5. The van der Waals surface area contributed by atoms with Crippen molar-refractivity contribution >= 4 is 35.1 Å². The lowest BCUT2D eigenvalue weighted by atomic mass is 10.2. The summed E-state index contributed by atoms with van der Waals surface area (Å²) in [4.78, 5) is 39.8. The summed E-state index contributed by atoms with van der Waals surface area (Å²) >= 11 is 1.54. The van der Waals surface area contributed by atoms with Crippen molar-refractivity contribution in [1.29, 1.82) is 0 Å². The van der Waals surface area contributed by atoms with Crippen LogP contribution in [0, 0.1) is 0 Å². The summed E-state index contributed by atoms with van der Waals surface area (Å²) in [6.07, 6.45) is 4.08. The van der Waals surface area contributed by atoms with Crippen LogP contribution in [0.2, 0.25) is 0 Å². The minimum absolute atomic E-state index is 0.0435. The fraction of sp³-hybridized carbons (Fsp3) is 0.375. The molecule has 1 saturated heterocycles. The first-order chi connectivity index (χ1) is 17.0. The maximum atomic E-state index is 13.2.